The topological polar surface area (TPSA) is 59.2 Å². The number of aryl methyl sites for hydroxylation is 2. The summed E-state index contributed by atoms with van der Waals surface area (Å²) in [7, 11) is 0. The number of amides is 1. The smallest absolute Gasteiger partial charge is 0.255 e. The molecule has 158 valence electrons. The lowest BCUT2D eigenvalue weighted by Gasteiger charge is -2.24. The fourth-order valence-electron chi connectivity index (χ4n) is 4.08. The summed E-state index contributed by atoms with van der Waals surface area (Å²) < 4.78 is 6.46. The summed E-state index contributed by atoms with van der Waals surface area (Å²) in [6, 6.07) is 16.1. The number of carbonyl (C=O) groups excluding carboxylic acids is 1. The minimum atomic E-state index is 0.0468. The molecular formula is C24H23N3O2S2. The van der Waals surface area contributed by atoms with Crippen LogP contribution in [0.2, 0.25) is 0 Å². The summed E-state index contributed by atoms with van der Waals surface area (Å²) in [5, 5.41) is 5.08. The van der Waals surface area contributed by atoms with Crippen molar-refractivity contribution < 1.29 is 9.32 Å². The molecule has 7 heteroatoms. The van der Waals surface area contributed by atoms with Crippen LogP contribution >= 0.6 is 23.1 Å². The number of rotatable bonds is 5. The molecule has 1 fully saturated rings. The van der Waals surface area contributed by atoms with Gasteiger partial charge in [0.25, 0.3) is 5.91 Å². The Bertz CT molecular complexity index is 1190. The second kappa shape index (κ2) is 8.48. The SMILES string of the molecule is Cc1noc(C)c1CSc1ccccc1C(=O)N1CCC[C@H]1c1nc2ccccc2s1. The number of aromatic nitrogens is 2. The third kappa shape index (κ3) is 3.88. The molecule has 3 heterocycles. The van der Waals surface area contributed by atoms with E-state index in [2.05, 4.69) is 11.2 Å². The molecule has 0 saturated carbocycles. The van der Waals surface area contributed by atoms with E-state index < -0.39 is 0 Å². The van der Waals surface area contributed by atoms with Crippen molar-refractivity contribution in [2.24, 2.45) is 0 Å². The monoisotopic (exact) mass is 449 g/mol. The molecule has 1 aliphatic heterocycles. The Kier molecular flexibility index (Phi) is 5.54. The highest BCUT2D eigenvalue weighted by Gasteiger charge is 2.33. The zero-order chi connectivity index (χ0) is 21.4. The molecule has 2 aromatic carbocycles. The predicted octanol–water partition coefficient (Wildman–Crippen LogP) is 6.17. The zero-order valence-electron chi connectivity index (χ0n) is 17.5. The van der Waals surface area contributed by atoms with E-state index in [1.165, 1.54) is 4.70 Å². The van der Waals surface area contributed by atoms with Crippen LogP contribution in [0.25, 0.3) is 10.2 Å². The van der Waals surface area contributed by atoms with Crippen LogP contribution in [-0.2, 0) is 5.75 Å². The second-order valence-corrected chi connectivity index (χ2v) is 9.84. The fourth-order valence-corrected chi connectivity index (χ4v) is 6.39. The first kappa shape index (κ1) is 20.3. The standard InChI is InChI=1S/C24H23N3O2S2/c1-15-18(16(2)29-26-15)14-30-21-11-5-3-8-17(21)24(28)27-13-7-10-20(27)23-25-19-9-4-6-12-22(19)31-23/h3-6,8-9,11-12,20H,7,10,13-14H2,1-2H3/t20-/m0/s1. The number of benzene rings is 2. The Balaban J connectivity index is 1.40. The van der Waals surface area contributed by atoms with Crippen LogP contribution in [0.15, 0.2) is 57.9 Å². The third-order valence-corrected chi connectivity index (χ3v) is 8.02. The highest BCUT2D eigenvalue weighted by atomic mass is 32.2. The largest absolute Gasteiger partial charge is 0.361 e. The van der Waals surface area contributed by atoms with Gasteiger partial charge < -0.3 is 9.42 Å². The van der Waals surface area contributed by atoms with Crippen LogP contribution in [0, 0.1) is 13.8 Å². The van der Waals surface area contributed by atoms with Crippen molar-refractivity contribution in [3.8, 4) is 0 Å². The van der Waals surface area contributed by atoms with Gasteiger partial charge in [-0.25, -0.2) is 4.98 Å². The van der Waals surface area contributed by atoms with Crippen molar-refractivity contribution in [3.05, 3.63) is 76.1 Å². The molecule has 4 aromatic rings. The fraction of sp³-hybridized carbons (Fsp3) is 0.292. The van der Waals surface area contributed by atoms with Gasteiger partial charge in [-0.2, -0.15) is 0 Å². The number of carbonyl (C=O) groups is 1. The van der Waals surface area contributed by atoms with Gasteiger partial charge >= 0.3 is 0 Å². The van der Waals surface area contributed by atoms with Crippen LogP contribution in [-0.4, -0.2) is 27.5 Å². The third-order valence-electron chi connectivity index (χ3n) is 5.78. The summed E-state index contributed by atoms with van der Waals surface area (Å²) in [6.07, 6.45) is 1.96. The van der Waals surface area contributed by atoms with Gasteiger partial charge in [-0.3, -0.25) is 4.79 Å². The Labute approximate surface area is 189 Å². The van der Waals surface area contributed by atoms with E-state index in [9.17, 15) is 4.79 Å². The Hall–Kier alpha value is -2.64. The number of hydrogen-bond donors (Lipinski definition) is 0. The van der Waals surface area contributed by atoms with Gasteiger partial charge in [-0.1, -0.05) is 29.4 Å². The van der Waals surface area contributed by atoms with Crippen molar-refractivity contribution in [2.45, 2.75) is 43.4 Å². The molecule has 2 aromatic heterocycles. The maximum atomic E-state index is 13.6. The summed E-state index contributed by atoms with van der Waals surface area (Å²) >= 11 is 3.36. The molecule has 0 unspecified atom stereocenters. The minimum absolute atomic E-state index is 0.0468. The number of hydrogen-bond acceptors (Lipinski definition) is 6. The molecule has 0 radical (unpaired) electrons. The Morgan fingerprint density at radius 3 is 2.81 bits per heavy atom. The van der Waals surface area contributed by atoms with Gasteiger partial charge in [0.15, 0.2) is 0 Å². The number of thioether (sulfide) groups is 1. The van der Waals surface area contributed by atoms with Gasteiger partial charge in [0.1, 0.15) is 10.8 Å². The average molecular weight is 450 g/mol. The van der Waals surface area contributed by atoms with E-state index in [1.807, 2.05) is 61.2 Å². The summed E-state index contributed by atoms with van der Waals surface area (Å²) in [4.78, 5) is 21.5. The number of thiazole rings is 1. The summed E-state index contributed by atoms with van der Waals surface area (Å²) in [5.74, 6) is 1.65. The predicted molar refractivity (Wildman–Crippen MR) is 125 cm³/mol. The van der Waals surface area contributed by atoms with Crippen LogP contribution in [0.3, 0.4) is 0 Å². The molecule has 0 bridgehead atoms. The van der Waals surface area contributed by atoms with E-state index in [4.69, 9.17) is 9.51 Å². The maximum Gasteiger partial charge on any atom is 0.255 e. The number of likely N-dealkylation sites (tertiary alicyclic amines) is 1. The Morgan fingerprint density at radius 2 is 2.00 bits per heavy atom. The summed E-state index contributed by atoms with van der Waals surface area (Å²) in [6.45, 7) is 4.65. The van der Waals surface area contributed by atoms with E-state index in [0.29, 0.717) is 0 Å². The first-order chi connectivity index (χ1) is 15.1. The molecule has 1 amide bonds. The maximum absolute atomic E-state index is 13.6. The van der Waals surface area contributed by atoms with Gasteiger partial charge in [0, 0.05) is 22.8 Å². The number of fused-ring (bicyclic) bond motifs is 1. The quantitative estimate of drug-likeness (QED) is 0.341. The molecule has 1 saturated heterocycles. The van der Waals surface area contributed by atoms with Crippen molar-refractivity contribution >= 4 is 39.2 Å². The minimum Gasteiger partial charge on any atom is -0.361 e. The Morgan fingerprint density at radius 1 is 1.19 bits per heavy atom. The first-order valence-electron chi connectivity index (χ1n) is 10.4. The summed E-state index contributed by atoms with van der Waals surface area (Å²) in [5.41, 5.74) is 3.77. The lowest BCUT2D eigenvalue weighted by atomic mass is 10.1. The van der Waals surface area contributed by atoms with E-state index >= 15 is 0 Å². The molecule has 0 aliphatic carbocycles. The molecule has 1 aliphatic rings. The molecule has 5 rings (SSSR count). The van der Waals surface area contributed by atoms with Crippen LogP contribution in [0.5, 0.6) is 0 Å². The molecule has 0 spiro atoms. The van der Waals surface area contributed by atoms with Crippen molar-refractivity contribution in [2.75, 3.05) is 6.54 Å². The van der Waals surface area contributed by atoms with Gasteiger partial charge in [-0.15, -0.1) is 23.1 Å². The van der Waals surface area contributed by atoms with Crippen molar-refractivity contribution in [3.63, 3.8) is 0 Å². The van der Waals surface area contributed by atoms with E-state index in [0.717, 1.165) is 63.1 Å². The highest BCUT2D eigenvalue weighted by molar-refractivity contribution is 7.98. The zero-order valence-corrected chi connectivity index (χ0v) is 19.1. The van der Waals surface area contributed by atoms with Crippen molar-refractivity contribution in [1.82, 2.24) is 15.0 Å². The molecule has 0 N–H and O–H groups in total. The molecule has 31 heavy (non-hydrogen) atoms. The van der Waals surface area contributed by atoms with Gasteiger partial charge in [-0.05, 0) is 51.0 Å². The average Bonchev–Trinajstić information content (AvgIpc) is 3.50. The lowest BCUT2D eigenvalue weighted by Crippen LogP contribution is -2.30. The van der Waals surface area contributed by atoms with Crippen molar-refractivity contribution in [1.29, 1.82) is 0 Å². The highest BCUT2D eigenvalue weighted by Crippen LogP contribution is 2.38. The van der Waals surface area contributed by atoms with Crippen LogP contribution in [0.1, 0.15) is 51.3 Å². The van der Waals surface area contributed by atoms with Gasteiger partial charge in [0.05, 0.1) is 27.5 Å². The molecular weight excluding hydrogens is 426 g/mol. The first-order valence-corrected chi connectivity index (χ1v) is 12.2. The number of para-hydroxylation sites is 1. The van der Waals surface area contributed by atoms with Gasteiger partial charge in [0.2, 0.25) is 0 Å². The number of nitrogens with zero attached hydrogens (tertiary/aromatic N) is 3. The normalized spacial score (nSPS) is 16.3. The second-order valence-electron chi connectivity index (χ2n) is 7.76. The van der Waals surface area contributed by atoms with Crippen LogP contribution in [0.4, 0.5) is 0 Å². The molecule has 1 atom stereocenters. The van der Waals surface area contributed by atoms with E-state index in [-0.39, 0.29) is 11.9 Å². The molecule has 5 nitrogen and oxygen atoms in total. The van der Waals surface area contributed by atoms with Crippen LogP contribution < -0.4 is 0 Å². The van der Waals surface area contributed by atoms with E-state index in [1.54, 1.807) is 23.1 Å². The lowest BCUT2D eigenvalue weighted by molar-refractivity contribution is 0.0732.